The van der Waals surface area contributed by atoms with Gasteiger partial charge < -0.3 is 9.30 Å². The van der Waals surface area contributed by atoms with Gasteiger partial charge in [-0.15, -0.1) is 0 Å². The van der Waals surface area contributed by atoms with Crippen molar-refractivity contribution in [3.63, 3.8) is 0 Å². The lowest BCUT2D eigenvalue weighted by atomic mass is 9.79. The number of aryl methyl sites for hydroxylation is 3. The second kappa shape index (κ2) is 7.83. The Morgan fingerprint density at radius 3 is 2.25 bits per heavy atom. The number of ether oxygens (including phenoxy) is 1. The van der Waals surface area contributed by atoms with E-state index in [4.69, 9.17) is 4.74 Å². The molecule has 3 nitrogen and oxygen atoms in total. The zero-order chi connectivity index (χ0) is 22.4. The first-order chi connectivity index (χ1) is 15.5. The number of allylic oxidation sites excluding steroid dienone is 1. The molecule has 3 aromatic carbocycles. The minimum Gasteiger partial charge on any atom is -0.468 e. The van der Waals surface area contributed by atoms with E-state index in [0.717, 1.165) is 33.4 Å². The monoisotopic (exact) mass is 421 g/mol. The van der Waals surface area contributed by atoms with Crippen molar-refractivity contribution in [1.82, 2.24) is 4.57 Å². The largest absolute Gasteiger partial charge is 0.468 e. The van der Waals surface area contributed by atoms with Crippen LogP contribution < -0.4 is 0 Å². The number of esters is 1. The van der Waals surface area contributed by atoms with Crippen LogP contribution in [0.4, 0.5) is 0 Å². The van der Waals surface area contributed by atoms with Crippen molar-refractivity contribution in [2.24, 2.45) is 0 Å². The predicted octanol–water partition coefficient (Wildman–Crippen LogP) is 6.51. The van der Waals surface area contributed by atoms with Crippen LogP contribution in [0.3, 0.4) is 0 Å². The molecule has 0 fully saturated rings. The number of carbonyl (C=O) groups excluding carboxylic acids is 1. The normalized spacial score (nSPS) is 17.7. The molecule has 0 saturated carbocycles. The van der Waals surface area contributed by atoms with Gasteiger partial charge in [0.2, 0.25) is 0 Å². The van der Waals surface area contributed by atoms with Crippen molar-refractivity contribution < 1.29 is 9.53 Å². The molecule has 4 aromatic rings. The Morgan fingerprint density at radius 2 is 1.56 bits per heavy atom. The molecular weight excluding hydrogens is 394 g/mol. The van der Waals surface area contributed by atoms with Gasteiger partial charge in [0.1, 0.15) is 5.92 Å². The SMILES string of the molecule is COC(=O)[C@@H]1c2cc3cc(C)ccc3n2C(c2ccccc2)=C[C@H]1c1cc(C)cc(C)c1. The minimum atomic E-state index is -0.415. The van der Waals surface area contributed by atoms with E-state index >= 15 is 0 Å². The molecule has 1 aromatic heterocycles. The molecule has 3 heteroatoms. The zero-order valence-corrected chi connectivity index (χ0v) is 18.9. The second-order valence-corrected chi connectivity index (χ2v) is 8.83. The lowest BCUT2D eigenvalue weighted by Crippen LogP contribution is -2.27. The van der Waals surface area contributed by atoms with Crippen molar-refractivity contribution in [1.29, 1.82) is 0 Å². The maximum absolute atomic E-state index is 13.2. The highest BCUT2D eigenvalue weighted by Crippen LogP contribution is 2.45. The Bertz CT molecular complexity index is 1340. The first-order valence-electron chi connectivity index (χ1n) is 11.0. The maximum Gasteiger partial charge on any atom is 0.315 e. The van der Waals surface area contributed by atoms with Crippen LogP contribution in [0.2, 0.25) is 0 Å². The summed E-state index contributed by atoms with van der Waals surface area (Å²) < 4.78 is 7.58. The average Bonchev–Trinajstić information content (AvgIpc) is 3.15. The lowest BCUT2D eigenvalue weighted by Gasteiger charge is -2.32. The van der Waals surface area contributed by atoms with E-state index in [-0.39, 0.29) is 11.9 Å². The third kappa shape index (κ3) is 3.34. The molecule has 5 rings (SSSR count). The Balaban J connectivity index is 1.84. The van der Waals surface area contributed by atoms with E-state index in [2.05, 4.69) is 98.1 Å². The number of hydrogen-bond donors (Lipinski definition) is 0. The lowest BCUT2D eigenvalue weighted by molar-refractivity contribution is -0.142. The zero-order valence-electron chi connectivity index (χ0n) is 18.9. The molecule has 0 bridgehead atoms. The van der Waals surface area contributed by atoms with E-state index in [1.807, 2.05) is 6.07 Å². The summed E-state index contributed by atoms with van der Waals surface area (Å²) in [5, 5.41) is 1.14. The third-order valence-electron chi connectivity index (χ3n) is 6.40. The van der Waals surface area contributed by atoms with Crippen molar-refractivity contribution in [3.8, 4) is 0 Å². The molecular formula is C29H27NO2. The van der Waals surface area contributed by atoms with E-state index in [1.165, 1.54) is 23.8 Å². The smallest absolute Gasteiger partial charge is 0.315 e. The van der Waals surface area contributed by atoms with Crippen molar-refractivity contribution in [3.05, 3.63) is 112 Å². The fourth-order valence-electron chi connectivity index (χ4n) is 5.10. The van der Waals surface area contributed by atoms with Gasteiger partial charge in [-0.1, -0.05) is 77.4 Å². The summed E-state index contributed by atoms with van der Waals surface area (Å²) in [5.41, 5.74) is 9.04. The Labute approximate surface area is 189 Å². The fourth-order valence-corrected chi connectivity index (χ4v) is 5.10. The van der Waals surface area contributed by atoms with Gasteiger partial charge in [-0.2, -0.15) is 0 Å². The Hall–Kier alpha value is -3.59. The Morgan fingerprint density at radius 1 is 0.844 bits per heavy atom. The summed E-state index contributed by atoms with van der Waals surface area (Å²) in [6.07, 6.45) is 2.25. The maximum atomic E-state index is 13.2. The summed E-state index contributed by atoms with van der Waals surface area (Å²) in [6.45, 7) is 6.31. The topological polar surface area (TPSA) is 31.2 Å². The summed E-state index contributed by atoms with van der Waals surface area (Å²) >= 11 is 0. The molecule has 0 unspecified atom stereocenters. The summed E-state index contributed by atoms with van der Waals surface area (Å²) in [6, 6.07) is 25.6. The van der Waals surface area contributed by atoms with Crippen LogP contribution >= 0.6 is 0 Å². The number of hydrogen-bond acceptors (Lipinski definition) is 2. The summed E-state index contributed by atoms with van der Waals surface area (Å²) in [5.74, 6) is -0.742. The summed E-state index contributed by atoms with van der Waals surface area (Å²) in [4.78, 5) is 13.2. The highest BCUT2D eigenvalue weighted by molar-refractivity contribution is 5.93. The standard InChI is InChI=1S/C29H27NO2/c1-18-10-11-25-23(13-18)16-27-28(29(31)32-4)24(22-14-19(2)12-20(3)15-22)17-26(30(25)27)21-8-6-5-7-9-21/h5-17,24,28H,1-4H3/t24-,28-/m0/s1. The molecule has 2 heterocycles. The molecule has 2 atom stereocenters. The second-order valence-electron chi connectivity index (χ2n) is 8.83. The van der Waals surface area contributed by atoms with Gasteiger partial charge in [0.15, 0.2) is 0 Å². The van der Waals surface area contributed by atoms with Crippen LogP contribution in [0.25, 0.3) is 16.6 Å². The molecule has 0 amide bonds. The minimum absolute atomic E-state index is 0.117. The fraction of sp³-hybridized carbons (Fsp3) is 0.207. The van der Waals surface area contributed by atoms with E-state index in [9.17, 15) is 4.79 Å². The van der Waals surface area contributed by atoms with Crippen LogP contribution in [0.15, 0.2) is 78.9 Å². The van der Waals surface area contributed by atoms with Crippen LogP contribution in [-0.4, -0.2) is 17.6 Å². The van der Waals surface area contributed by atoms with Gasteiger partial charge in [0.25, 0.3) is 0 Å². The van der Waals surface area contributed by atoms with Crippen molar-refractivity contribution in [2.75, 3.05) is 7.11 Å². The van der Waals surface area contributed by atoms with Crippen LogP contribution in [0, 0.1) is 20.8 Å². The molecule has 1 aliphatic rings. The first-order valence-corrected chi connectivity index (χ1v) is 11.0. The molecule has 0 N–H and O–H groups in total. The number of methoxy groups -OCH3 is 1. The molecule has 32 heavy (non-hydrogen) atoms. The number of nitrogens with zero attached hydrogens (tertiary/aromatic N) is 1. The summed E-state index contributed by atoms with van der Waals surface area (Å²) in [7, 11) is 1.48. The van der Waals surface area contributed by atoms with Gasteiger partial charge in [-0.3, -0.25) is 4.79 Å². The molecule has 0 saturated heterocycles. The number of rotatable bonds is 3. The Kier molecular flexibility index (Phi) is 4.97. The van der Waals surface area contributed by atoms with E-state index in [0.29, 0.717) is 0 Å². The van der Waals surface area contributed by atoms with Gasteiger partial charge >= 0.3 is 5.97 Å². The quantitative estimate of drug-likeness (QED) is 0.353. The molecule has 0 radical (unpaired) electrons. The third-order valence-corrected chi connectivity index (χ3v) is 6.40. The van der Waals surface area contributed by atoms with Gasteiger partial charge in [-0.05, 0) is 50.1 Å². The van der Waals surface area contributed by atoms with Gasteiger partial charge in [0, 0.05) is 22.7 Å². The van der Waals surface area contributed by atoms with Crippen LogP contribution in [0.5, 0.6) is 0 Å². The van der Waals surface area contributed by atoms with E-state index in [1.54, 1.807) is 0 Å². The number of aromatic nitrogens is 1. The van der Waals surface area contributed by atoms with E-state index < -0.39 is 5.92 Å². The molecule has 160 valence electrons. The predicted molar refractivity (Wildman–Crippen MR) is 130 cm³/mol. The molecule has 0 aliphatic carbocycles. The van der Waals surface area contributed by atoms with Crippen LogP contribution in [-0.2, 0) is 9.53 Å². The van der Waals surface area contributed by atoms with Gasteiger partial charge in [-0.25, -0.2) is 0 Å². The molecule has 0 spiro atoms. The average molecular weight is 422 g/mol. The first kappa shape index (κ1) is 20.3. The number of benzene rings is 3. The number of carbonyl (C=O) groups is 1. The van der Waals surface area contributed by atoms with Crippen molar-refractivity contribution >= 4 is 22.6 Å². The van der Waals surface area contributed by atoms with Crippen LogP contribution in [0.1, 0.15) is 45.3 Å². The highest BCUT2D eigenvalue weighted by atomic mass is 16.5. The highest BCUT2D eigenvalue weighted by Gasteiger charge is 2.38. The molecule has 1 aliphatic heterocycles. The van der Waals surface area contributed by atoms with Gasteiger partial charge in [0.05, 0.1) is 12.6 Å². The van der Waals surface area contributed by atoms with Crippen molar-refractivity contribution in [2.45, 2.75) is 32.6 Å². The number of fused-ring (bicyclic) bond motifs is 3.